The predicted molar refractivity (Wildman–Crippen MR) is 87.4 cm³/mol. The summed E-state index contributed by atoms with van der Waals surface area (Å²) in [6.45, 7) is 5.95. The number of hydrogen-bond donors (Lipinski definition) is 0. The second kappa shape index (κ2) is 6.64. The fraction of sp³-hybridized carbons (Fsp3) is 0.688. The monoisotopic (exact) mass is 323 g/mol. The van der Waals surface area contributed by atoms with Gasteiger partial charge in [0.25, 0.3) is 0 Å². The summed E-state index contributed by atoms with van der Waals surface area (Å²) in [6, 6.07) is 4.35. The van der Waals surface area contributed by atoms with E-state index in [1.54, 1.807) is 12.4 Å². The summed E-state index contributed by atoms with van der Waals surface area (Å²) < 4.78 is 24.3. The van der Waals surface area contributed by atoms with Crippen molar-refractivity contribution in [1.29, 1.82) is 0 Å². The highest BCUT2D eigenvalue weighted by atomic mass is 32.2. The van der Waals surface area contributed by atoms with Crippen molar-refractivity contribution in [2.45, 2.75) is 38.4 Å². The van der Waals surface area contributed by atoms with Gasteiger partial charge in [0.15, 0.2) is 9.84 Å². The Morgan fingerprint density at radius 1 is 1.14 bits per heavy atom. The smallest absolute Gasteiger partial charge is 0.153 e. The highest BCUT2D eigenvalue weighted by Gasteiger charge is 2.46. The van der Waals surface area contributed by atoms with Crippen molar-refractivity contribution in [2.75, 3.05) is 31.1 Å². The summed E-state index contributed by atoms with van der Waals surface area (Å²) in [6.07, 6.45) is 5.90. The van der Waals surface area contributed by atoms with Crippen LogP contribution in [0.3, 0.4) is 0 Å². The molecule has 0 radical (unpaired) electrons. The third-order valence-corrected chi connectivity index (χ3v) is 6.54. The van der Waals surface area contributed by atoms with Gasteiger partial charge in [-0.2, -0.15) is 0 Å². The molecule has 6 heteroatoms. The molecular formula is C16H25N3O2S. The first-order chi connectivity index (χ1) is 10.6. The van der Waals surface area contributed by atoms with Gasteiger partial charge >= 0.3 is 0 Å². The minimum atomic E-state index is -2.91. The number of nitrogens with zero attached hydrogens (tertiary/aromatic N) is 3. The molecule has 0 aliphatic carbocycles. The van der Waals surface area contributed by atoms with Crippen molar-refractivity contribution >= 4 is 9.84 Å². The second-order valence-corrected chi connectivity index (χ2v) is 8.58. The van der Waals surface area contributed by atoms with Gasteiger partial charge < -0.3 is 0 Å². The number of aromatic nitrogens is 1. The molecule has 0 bridgehead atoms. The van der Waals surface area contributed by atoms with E-state index in [9.17, 15) is 8.42 Å². The molecule has 1 aromatic heterocycles. The van der Waals surface area contributed by atoms with E-state index in [0.717, 1.165) is 39.0 Å². The van der Waals surface area contributed by atoms with Crippen LogP contribution < -0.4 is 0 Å². The molecule has 2 fully saturated rings. The Hall–Kier alpha value is -0.980. The molecule has 122 valence electrons. The molecule has 5 nitrogen and oxygen atoms in total. The van der Waals surface area contributed by atoms with E-state index in [4.69, 9.17) is 0 Å². The molecule has 0 aromatic carbocycles. The molecule has 2 aliphatic heterocycles. The zero-order valence-corrected chi connectivity index (χ0v) is 14.0. The molecule has 0 spiro atoms. The third kappa shape index (κ3) is 3.50. The normalized spacial score (nSPS) is 28.6. The molecule has 0 N–H and O–H groups in total. The van der Waals surface area contributed by atoms with Gasteiger partial charge in [0.05, 0.1) is 11.5 Å². The number of sulfone groups is 1. The number of fused-ring (bicyclic) bond motifs is 1. The minimum Gasteiger partial charge on any atom is -0.297 e. The van der Waals surface area contributed by atoms with Crippen molar-refractivity contribution in [2.24, 2.45) is 0 Å². The summed E-state index contributed by atoms with van der Waals surface area (Å²) in [5.41, 5.74) is 1.21. The van der Waals surface area contributed by atoms with Crippen molar-refractivity contribution in [3.8, 4) is 0 Å². The third-order valence-electron chi connectivity index (χ3n) is 4.84. The van der Waals surface area contributed by atoms with Crippen LogP contribution in [0, 0.1) is 0 Å². The molecule has 1 aromatic rings. The highest BCUT2D eigenvalue weighted by molar-refractivity contribution is 7.91. The topological polar surface area (TPSA) is 53.5 Å². The zero-order valence-electron chi connectivity index (χ0n) is 13.2. The summed E-state index contributed by atoms with van der Waals surface area (Å²) in [5.74, 6) is 0.638. The quantitative estimate of drug-likeness (QED) is 0.814. The molecule has 0 amide bonds. The molecule has 0 unspecified atom stereocenters. The van der Waals surface area contributed by atoms with Crippen molar-refractivity contribution < 1.29 is 8.42 Å². The lowest BCUT2D eigenvalue weighted by molar-refractivity contribution is 0.0397. The lowest BCUT2D eigenvalue weighted by Gasteiger charge is -2.44. The van der Waals surface area contributed by atoms with Gasteiger partial charge in [0, 0.05) is 44.1 Å². The van der Waals surface area contributed by atoms with Crippen molar-refractivity contribution in [1.82, 2.24) is 14.8 Å². The number of hydrogen-bond acceptors (Lipinski definition) is 5. The van der Waals surface area contributed by atoms with E-state index < -0.39 is 9.84 Å². The maximum absolute atomic E-state index is 12.2. The maximum Gasteiger partial charge on any atom is 0.153 e. The standard InChI is InChI=1S/C16H25N3O2S/c1-2-3-8-18-9-10-19(11-14-4-6-17-7-5-14)16-13-22(20,21)12-15(16)18/h4-7,15-16H,2-3,8-13H2,1H3/t15-,16+/m0/s1. The van der Waals surface area contributed by atoms with E-state index >= 15 is 0 Å². The minimum absolute atomic E-state index is 0.142. The Kier molecular flexibility index (Phi) is 4.80. The number of rotatable bonds is 5. The first-order valence-corrected chi connectivity index (χ1v) is 9.98. The second-order valence-electron chi connectivity index (χ2n) is 6.43. The van der Waals surface area contributed by atoms with Gasteiger partial charge in [-0.3, -0.25) is 14.8 Å². The van der Waals surface area contributed by atoms with Gasteiger partial charge in [-0.1, -0.05) is 13.3 Å². The summed E-state index contributed by atoms with van der Waals surface area (Å²) in [7, 11) is -2.91. The molecule has 2 atom stereocenters. The van der Waals surface area contributed by atoms with Crippen LogP contribution in [0.1, 0.15) is 25.3 Å². The van der Waals surface area contributed by atoms with Crippen LogP contribution >= 0.6 is 0 Å². The van der Waals surface area contributed by atoms with Crippen LogP contribution in [-0.4, -0.2) is 66.4 Å². The molecule has 2 saturated heterocycles. The first-order valence-electron chi connectivity index (χ1n) is 8.16. The van der Waals surface area contributed by atoms with Crippen molar-refractivity contribution in [3.63, 3.8) is 0 Å². The van der Waals surface area contributed by atoms with Gasteiger partial charge in [-0.15, -0.1) is 0 Å². The SMILES string of the molecule is CCCCN1CCN(Cc2ccncc2)[C@@H]2CS(=O)(=O)C[C@@H]21. The van der Waals surface area contributed by atoms with E-state index in [1.165, 1.54) is 5.56 Å². The lowest BCUT2D eigenvalue weighted by atomic mass is 10.0. The number of piperazine rings is 1. The molecule has 2 aliphatic rings. The Balaban J connectivity index is 1.74. The van der Waals surface area contributed by atoms with Crippen LogP contribution in [0.25, 0.3) is 0 Å². The Labute approximate surface area is 133 Å². The van der Waals surface area contributed by atoms with E-state index in [-0.39, 0.29) is 12.1 Å². The fourth-order valence-corrected chi connectivity index (χ4v) is 5.70. The zero-order chi connectivity index (χ0) is 15.6. The summed E-state index contributed by atoms with van der Waals surface area (Å²) in [5, 5.41) is 0. The Bertz CT molecular complexity index is 591. The van der Waals surface area contributed by atoms with E-state index in [1.807, 2.05) is 12.1 Å². The van der Waals surface area contributed by atoms with E-state index in [2.05, 4.69) is 21.7 Å². The van der Waals surface area contributed by atoms with Gasteiger partial charge in [-0.25, -0.2) is 8.42 Å². The van der Waals surface area contributed by atoms with Crippen LogP contribution in [0.15, 0.2) is 24.5 Å². The summed E-state index contributed by atoms with van der Waals surface area (Å²) in [4.78, 5) is 8.81. The number of pyridine rings is 1. The molecule has 22 heavy (non-hydrogen) atoms. The van der Waals surface area contributed by atoms with Crippen molar-refractivity contribution in [3.05, 3.63) is 30.1 Å². The Morgan fingerprint density at radius 3 is 2.45 bits per heavy atom. The first kappa shape index (κ1) is 15.9. The molecule has 0 saturated carbocycles. The van der Waals surface area contributed by atoms with E-state index in [0.29, 0.717) is 11.5 Å². The maximum atomic E-state index is 12.2. The Morgan fingerprint density at radius 2 is 1.77 bits per heavy atom. The van der Waals surface area contributed by atoms with Gasteiger partial charge in [-0.05, 0) is 30.7 Å². The average Bonchev–Trinajstić information content (AvgIpc) is 2.83. The predicted octanol–water partition coefficient (Wildman–Crippen LogP) is 1.16. The molecular weight excluding hydrogens is 298 g/mol. The lowest BCUT2D eigenvalue weighted by Crippen LogP contribution is -2.58. The molecule has 3 rings (SSSR count). The van der Waals surface area contributed by atoms with Crippen LogP contribution in [-0.2, 0) is 16.4 Å². The van der Waals surface area contributed by atoms with Crippen LogP contribution in [0.5, 0.6) is 0 Å². The average molecular weight is 323 g/mol. The number of unbranched alkanes of at least 4 members (excludes halogenated alkanes) is 1. The fourth-order valence-electron chi connectivity index (χ4n) is 3.65. The van der Waals surface area contributed by atoms with Crippen LogP contribution in [0.2, 0.25) is 0 Å². The summed E-state index contributed by atoms with van der Waals surface area (Å²) >= 11 is 0. The largest absolute Gasteiger partial charge is 0.297 e. The van der Waals surface area contributed by atoms with Gasteiger partial charge in [0.1, 0.15) is 0 Å². The van der Waals surface area contributed by atoms with Gasteiger partial charge in [0.2, 0.25) is 0 Å². The highest BCUT2D eigenvalue weighted by Crippen LogP contribution is 2.28. The molecule has 3 heterocycles. The van der Waals surface area contributed by atoms with Crippen LogP contribution in [0.4, 0.5) is 0 Å².